The number of amides is 2. The first-order valence-electron chi connectivity index (χ1n) is 13.3. The fourth-order valence-electron chi connectivity index (χ4n) is 4.74. The number of carboxylic acids is 1. The molecular weight excluding hydrogens is 522 g/mol. The normalized spacial score (nSPS) is 21.1. The van der Waals surface area contributed by atoms with Gasteiger partial charge in [0.15, 0.2) is 5.17 Å². The maximum Gasteiger partial charge on any atom is 0.307 e. The number of rotatable bonds is 11. The summed E-state index contributed by atoms with van der Waals surface area (Å²) < 4.78 is 4.63. The zero-order valence-electron chi connectivity index (χ0n) is 22.4. The monoisotopic (exact) mass is 559 g/mol. The predicted octanol–water partition coefficient (Wildman–Crippen LogP) is 2.57. The fourth-order valence-corrected chi connectivity index (χ4v) is 6.06. The third-order valence-electron chi connectivity index (χ3n) is 6.87. The van der Waals surface area contributed by atoms with E-state index in [4.69, 9.17) is 10.8 Å². The molecule has 3 rings (SSSR count). The molecule has 1 saturated heterocycles. The number of hydrogen-bond donors (Lipinski definition) is 3. The molecule has 11 nitrogen and oxygen atoms in total. The number of ether oxygens (including phenoxy) is 1. The van der Waals surface area contributed by atoms with E-state index in [1.54, 1.807) is 24.3 Å². The van der Waals surface area contributed by atoms with Crippen molar-refractivity contribution in [2.24, 2.45) is 15.7 Å². The molecule has 0 radical (unpaired) electrons. The number of thioether (sulfide) groups is 1. The van der Waals surface area contributed by atoms with Crippen molar-refractivity contribution in [1.29, 1.82) is 0 Å². The number of carbonyl (C=O) groups excluding carboxylic acids is 3. The summed E-state index contributed by atoms with van der Waals surface area (Å²) in [5, 5.41) is 11.6. The van der Waals surface area contributed by atoms with Gasteiger partial charge in [-0.3, -0.25) is 24.2 Å². The van der Waals surface area contributed by atoms with Crippen LogP contribution in [0.25, 0.3) is 0 Å². The third-order valence-corrected chi connectivity index (χ3v) is 8.24. The minimum Gasteiger partial charge on any atom is -0.481 e. The van der Waals surface area contributed by atoms with Crippen LogP contribution in [0.15, 0.2) is 34.3 Å². The highest BCUT2D eigenvalue weighted by Gasteiger charge is 2.44. The highest BCUT2D eigenvalue weighted by Crippen LogP contribution is 2.37. The highest BCUT2D eigenvalue weighted by atomic mass is 32.2. The molecule has 2 amide bonds. The number of methoxy groups -OCH3 is 1. The number of amidine groups is 2. The van der Waals surface area contributed by atoms with Gasteiger partial charge in [0.2, 0.25) is 5.91 Å². The molecule has 0 bridgehead atoms. The minimum absolute atomic E-state index is 0.0229. The lowest BCUT2D eigenvalue weighted by molar-refractivity contribution is -0.140. The maximum atomic E-state index is 13.2. The smallest absolute Gasteiger partial charge is 0.307 e. The van der Waals surface area contributed by atoms with Gasteiger partial charge in [0, 0.05) is 42.7 Å². The largest absolute Gasteiger partial charge is 0.481 e. The number of hydrogen-bond acceptors (Lipinski definition) is 7. The molecule has 1 aliphatic carbocycles. The van der Waals surface area contributed by atoms with E-state index in [0.29, 0.717) is 29.3 Å². The second-order valence-corrected chi connectivity index (χ2v) is 10.7. The number of carbonyl (C=O) groups is 4. The average Bonchev–Trinajstić information content (AvgIpc) is 3.26. The van der Waals surface area contributed by atoms with Gasteiger partial charge < -0.3 is 25.8 Å². The quantitative estimate of drug-likeness (QED) is 0.160. The molecule has 212 valence electrons. The molecule has 2 unspecified atom stereocenters. The van der Waals surface area contributed by atoms with Crippen LogP contribution in [-0.4, -0.2) is 82.3 Å². The first kappa shape index (κ1) is 30.1. The first-order valence-corrected chi connectivity index (χ1v) is 14.1. The van der Waals surface area contributed by atoms with Crippen LogP contribution < -0.4 is 11.1 Å². The van der Waals surface area contributed by atoms with E-state index in [1.165, 1.54) is 25.3 Å². The van der Waals surface area contributed by atoms with Gasteiger partial charge in [-0.15, -0.1) is 0 Å². The topological polar surface area (TPSA) is 164 Å². The first-order chi connectivity index (χ1) is 18.7. The minimum atomic E-state index is -0.879. The van der Waals surface area contributed by atoms with Gasteiger partial charge in [0.25, 0.3) is 5.91 Å². The van der Waals surface area contributed by atoms with Crippen LogP contribution in [0.5, 0.6) is 0 Å². The van der Waals surface area contributed by atoms with E-state index in [0.717, 1.165) is 25.7 Å². The van der Waals surface area contributed by atoms with Crippen LogP contribution in [0.2, 0.25) is 0 Å². The number of aliphatic imine (C=N–C) groups is 2. The molecule has 2 fully saturated rings. The molecule has 2 aliphatic rings. The van der Waals surface area contributed by atoms with Crippen molar-refractivity contribution < 1.29 is 29.0 Å². The lowest BCUT2D eigenvalue weighted by atomic mass is 9.93. The summed E-state index contributed by atoms with van der Waals surface area (Å²) in [5.41, 5.74) is 7.02. The summed E-state index contributed by atoms with van der Waals surface area (Å²) in [6, 6.07) is 6.68. The summed E-state index contributed by atoms with van der Waals surface area (Å²) in [4.78, 5) is 59.0. The second kappa shape index (κ2) is 14.7. The fraction of sp³-hybridized carbons (Fsp3) is 0.556. The number of esters is 1. The van der Waals surface area contributed by atoms with E-state index in [9.17, 15) is 19.2 Å². The molecule has 1 aromatic rings. The molecule has 0 aromatic heterocycles. The van der Waals surface area contributed by atoms with Crippen LogP contribution in [0.4, 0.5) is 0 Å². The van der Waals surface area contributed by atoms with E-state index in [2.05, 4.69) is 24.9 Å². The van der Waals surface area contributed by atoms with E-state index < -0.39 is 23.1 Å². The number of nitrogens with two attached hydrogens (primary N) is 1. The van der Waals surface area contributed by atoms with Gasteiger partial charge >= 0.3 is 11.9 Å². The number of aliphatic carboxylic acids is 1. The van der Waals surface area contributed by atoms with Crippen molar-refractivity contribution in [3.8, 4) is 0 Å². The van der Waals surface area contributed by atoms with Crippen molar-refractivity contribution in [3.05, 3.63) is 35.4 Å². The molecule has 1 heterocycles. The van der Waals surface area contributed by atoms with E-state index in [1.807, 2.05) is 6.92 Å². The second-order valence-electron chi connectivity index (χ2n) is 9.64. The number of carboxylic acid groups (broad SMARTS) is 1. The van der Waals surface area contributed by atoms with Gasteiger partial charge in [-0.05, 0) is 38.3 Å². The van der Waals surface area contributed by atoms with Crippen LogP contribution in [0, 0.1) is 0 Å². The van der Waals surface area contributed by atoms with Crippen molar-refractivity contribution in [1.82, 2.24) is 10.2 Å². The van der Waals surface area contributed by atoms with E-state index >= 15 is 0 Å². The zero-order chi connectivity index (χ0) is 28.4. The highest BCUT2D eigenvalue weighted by molar-refractivity contribution is 8.15. The Hall–Kier alpha value is -3.41. The van der Waals surface area contributed by atoms with Crippen molar-refractivity contribution >= 4 is 46.5 Å². The number of benzene rings is 1. The van der Waals surface area contributed by atoms with Crippen LogP contribution >= 0.6 is 11.8 Å². The van der Waals surface area contributed by atoms with Gasteiger partial charge in [0.1, 0.15) is 11.1 Å². The maximum absolute atomic E-state index is 13.2. The summed E-state index contributed by atoms with van der Waals surface area (Å²) in [6.45, 7) is 2.46. The predicted molar refractivity (Wildman–Crippen MR) is 150 cm³/mol. The van der Waals surface area contributed by atoms with Crippen molar-refractivity contribution in [3.63, 3.8) is 0 Å². The summed E-state index contributed by atoms with van der Waals surface area (Å²) in [5.74, 6) is -1.61. The SMILES string of the molecule is COC(=O)CCNC(=O)C1SC(=NC(=O)c2ccc(C(N)=NCCCC(=O)O)cc2)N(C2CCCCC2)C1C. The molecule has 2 atom stereocenters. The van der Waals surface area contributed by atoms with E-state index in [-0.39, 0.29) is 43.2 Å². The Bertz CT molecular complexity index is 1100. The third kappa shape index (κ3) is 8.54. The Balaban J connectivity index is 1.73. The Morgan fingerprint density at radius 1 is 1.10 bits per heavy atom. The Labute approximate surface area is 232 Å². The van der Waals surface area contributed by atoms with Crippen LogP contribution in [-0.2, 0) is 19.1 Å². The molecular formula is C27H37N5O6S. The van der Waals surface area contributed by atoms with Gasteiger partial charge in [-0.2, -0.15) is 4.99 Å². The summed E-state index contributed by atoms with van der Waals surface area (Å²) >= 11 is 1.28. The Morgan fingerprint density at radius 2 is 1.77 bits per heavy atom. The molecule has 12 heteroatoms. The molecule has 1 saturated carbocycles. The molecule has 1 aliphatic heterocycles. The Morgan fingerprint density at radius 3 is 2.41 bits per heavy atom. The number of nitrogens with one attached hydrogen (secondary N) is 1. The van der Waals surface area contributed by atoms with Crippen LogP contribution in [0.1, 0.15) is 74.2 Å². The lowest BCUT2D eigenvalue weighted by Crippen LogP contribution is -2.47. The van der Waals surface area contributed by atoms with Crippen molar-refractivity contribution in [2.45, 2.75) is 75.6 Å². The number of nitrogens with zero attached hydrogens (tertiary/aromatic N) is 3. The summed E-state index contributed by atoms with van der Waals surface area (Å²) in [6.07, 6.45) is 5.83. The molecule has 0 spiro atoms. The zero-order valence-corrected chi connectivity index (χ0v) is 23.2. The molecule has 4 N–H and O–H groups in total. The van der Waals surface area contributed by atoms with Crippen LogP contribution in [0.3, 0.4) is 0 Å². The van der Waals surface area contributed by atoms with Gasteiger partial charge in [-0.25, -0.2) is 0 Å². The molecule has 39 heavy (non-hydrogen) atoms. The van der Waals surface area contributed by atoms with Gasteiger partial charge in [-0.1, -0.05) is 43.2 Å². The van der Waals surface area contributed by atoms with Crippen molar-refractivity contribution in [2.75, 3.05) is 20.2 Å². The lowest BCUT2D eigenvalue weighted by Gasteiger charge is -2.36. The molecule has 1 aromatic carbocycles. The average molecular weight is 560 g/mol. The standard InChI is InChI=1S/C27H37N5O6S/c1-17-23(26(37)30-16-14-22(35)38-2)39-27(32(17)20-7-4-3-5-8-20)31-25(36)19-12-10-18(11-13-19)24(28)29-15-6-9-21(33)34/h10-13,17,20,23H,3-9,14-16H2,1-2H3,(H2,28,29)(H,30,37)(H,33,34). The summed E-state index contributed by atoms with van der Waals surface area (Å²) in [7, 11) is 1.31. The Kier molecular flexibility index (Phi) is 11.3. The van der Waals surface area contributed by atoms with Gasteiger partial charge in [0.05, 0.1) is 13.5 Å².